The standard InChI is InChI=1S/C15H20O3/c1-4-11-7-15(14(18)9(11)2)6-5-13(17)12(8-15)10(3)16/h12H,4-8H2,1-3H3. The van der Waals surface area contributed by atoms with Crippen molar-refractivity contribution in [2.45, 2.75) is 52.9 Å². The smallest absolute Gasteiger partial charge is 0.165 e. The van der Waals surface area contributed by atoms with Gasteiger partial charge in [-0.1, -0.05) is 12.5 Å². The highest BCUT2D eigenvalue weighted by Gasteiger charge is 2.50. The zero-order valence-electron chi connectivity index (χ0n) is 11.3. The number of allylic oxidation sites excluding steroid dienone is 2. The summed E-state index contributed by atoms with van der Waals surface area (Å²) in [4.78, 5) is 35.8. The summed E-state index contributed by atoms with van der Waals surface area (Å²) in [5, 5.41) is 0. The van der Waals surface area contributed by atoms with Gasteiger partial charge in [-0.2, -0.15) is 0 Å². The molecule has 0 radical (unpaired) electrons. The first-order chi connectivity index (χ1) is 8.41. The quantitative estimate of drug-likeness (QED) is 0.706. The van der Waals surface area contributed by atoms with Crippen molar-refractivity contribution in [2.24, 2.45) is 11.3 Å². The Morgan fingerprint density at radius 2 is 2.06 bits per heavy atom. The minimum absolute atomic E-state index is 0.0172. The fourth-order valence-electron chi connectivity index (χ4n) is 3.45. The Morgan fingerprint density at radius 1 is 1.39 bits per heavy atom. The lowest BCUT2D eigenvalue weighted by atomic mass is 9.65. The van der Waals surface area contributed by atoms with E-state index in [0.717, 1.165) is 18.4 Å². The van der Waals surface area contributed by atoms with E-state index < -0.39 is 11.3 Å². The van der Waals surface area contributed by atoms with Crippen molar-refractivity contribution in [1.29, 1.82) is 0 Å². The van der Waals surface area contributed by atoms with Crippen LogP contribution in [0.1, 0.15) is 52.9 Å². The van der Waals surface area contributed by atoms with Crippen LogP contribution in [-0.4, -0.2) is 17.3 Å². The van der Waals surface area contributed by atoms with Crippen LogP contribution in [0.2, 0.25) is 0 Å². The third kappa shape index (κ3) is 1.86. The van der Waals surface area contributed by atoms with Crippen molar-refractivity contribution in [3.63, 3.8) is 0 Å². The van der Waals surface area contributed by atoms with Crippen LogP contribution in [0.15, 0.2) is 11.1 Å². The van der Waals surface area contributed by atoms with Crippen molar-refractivity contribution in [2.75, 3.05) is 0 Å². The van der Waals surface area contributed by atoms with Crippen LogP contribution < -0.4 is 0 Å². The zero-order valence-corrected chi connectivity index (χ0v) is 11.3. The van der Waals surface area contributed by atoms with E-state index >= 15 is 0 Å². The molecule has 0 aliphatic heterocycles. The highest BCUT2D eigenvalue weighted by Crippen LogP contribution is 2.50. The predicted octanol–water partition coefficient (Wildman–Crippen LogP) is 2.63. The van der Waals surface area contributed by atoms with E-state index in [4.69, 9.17) is 0 Å². The molecule has 98 valence electrons. The van der Waals surface area contributed by atoms with Gasteiger partial charge in [-0.05, 0) is 45.1 Å². The highest BCUT2D eigenvalue weighted by molar-refractivity contribution is 6.07. The molecule has 1 fully saturated rings. The number of hydrogen-bond acceptors (Lipinski definition) is 3. The second-order valence-electron chi connectivity index (χ2n) is 5.70. The molecule has 0 N–H and O–H groups in total. The summed E-state index contributed by atoms with van der Waals surface area (Å²) in [6.45, 7) is 5.40. The van der Waals surface area contributed by atoms with E-state index in [2.05, 4.69) is 6.92 Å². The molecule has 2 rings (SSSR count). The van der Waals surface area contributed by atoms with Crippen molar-refractivity contribution >= 4 is 17.3 Å². The topological polar surface area (TPSA) is 51.2 Å². The zero-order chi connectivity index (χ0) is 13.5. The largest absolute Gasteiger partial charge is 0.299 e. The Labute approximate surface area is 108 Å². The summed E-state index contributed by atoms with van der Waals surface area (Å²) in [6, 6.07) is 0. The van der Waals surface area contributed by atoms with Gasteiger partial charge in [0.15, 0.2) is 5.78 Å². The van der Waals surface area contributed by atoms with Crippen LogP contribution in [0.5, 0.6) is 0 Å². The van der Waals surface area contributed by atoms with Crippen LogP contribution in [0.3, 0.4) is 0 Å². The van der Waals surface area contributed by atoms with Crippen LogP contribution >= 0.6 is 0 Å². The fourth-order valence-corrected chi connectivity index (χ4v) is 3.45. The third-order valence-electron chi connectivity index (χ3n) is 4.66. The second-order valence-corrected chi connectivity index (χ2v) is 5.70. The Morgan fingerprint density at radius 3 is 2.56 bits per heavy atom. The Bertz CT molecular complexity index is 458. The maximum atomic E-state index is 12.4. The summed E-state index contributed by atoms with van der Waals surface area (Å²) >= 11 is 0. The molecule has 1 spiro atoms. The lowest BCUT2D eigenvalue weighted by molar-refractivity contribution is -0.139. The molecule has 0 heterocycles. The summed E-state index contributed by atoms with van der Waals surface area (Å²) in [6.07, 6.45) is 3.07. The molecule has 0 aromatic carbocycles. The van der Waals surface area contributed by atoms with Gasteiger partial charge in [-0.3, -0.25) is 14.4 Å². The molecule has 0 amide bonds. The van der Waals surface area contributed by atoms with E-state index in [1.54, 1.807) is 0 Å². The molecule has 1 saturated carbocycles. The Hall–Kier alpha value is -1.25. The van der Waals surface area contributed by atoms with Gasteiger partial charge in [0.05, 0.1) is 5.92 Å². The van der Waals surface area contributed by atoms with E-state index in [1.165, 1.54) is 12.5 Å². The minimum atomic E-state index is -0.549. The van der Waals surface area contributed by atoms with Gasteiger partial charge in [0.2, 0.25) is 0 Å². The van der Waals surface area contributed by atoms with Gasteiger partial charge in [0.25, 0.3) is 0 Å². The lowest BCUT2D eigenvalue weighted by Gasteiger charge is -2.35. The van der Waals surface area contributed by atoms with E-state index in [1.807, 2.05) is 6.92 Å². The highest BCUT2D eigenvalue weighted by atomic mass is 16.2. The van der Waals surface area contributed by atoms with Gasteiger partial charge < -0.3 is 0 Å². The number of carbonyl (C=O) groups excluding carboxylic acids is 3. The molecule has 2 unspecified atom stereocenters. The van der Waals surface area contributed by atoms with Gasteiger partial charge in [-0.15, -0.1) is 0 Å². The van der Waals surface area contributed by atoms with Crippen LogP contribution in [0.4, 0.5) is 0 Å². The van der Waals surface area contributed by atoms with Crippen molar-refractivity contribution in [1.82, 2.24) is 0 Å². The van der Waals surface area contributed by atoms with Crippen molar-refractivity contribution < 1.29 is 14.4 Å². The summed E-state index contributed by atoms with van der Waals surface area (Å²) < 4.78 is 0. The molecule has 18 heavy (non-hydrogen) atoms. The Balaban J connectivity index is 2.28. The second kappa shape index (κ2) is 4.45. The van der Waals surface area contributed by atoms with Gasteiger partial charge in [0, 0.05) is 11.8 Å². The molecular weight excluding hydrogens is 228 g/mol. The molecule has 2 aliphatic rings. The predicted molar refractivity (Wildman–Crippen MR) is 68.1 cm³/mol. The van der Waals surface area contributed by atoms with Crippen LogP contribution in [0.25, 0.3) is 0 Å². The number of hydrogen-bond donors (Lipinski definition) is 0. The van der Waals surface area contributed by atoms with Crippen molar-refractivity contribution in [3.05, 3.63) is 11.1 Å². The maximum Gasteiger partial charge on any atom is 0.165 e. The molecule has 0 aromatic heterocycles. The van der Waals surface area contributed by atoms with E-state index in [-0.39, 0.29) is 17.3 Å². The van der Waals surface area contributed by atoms with Crippen LogP contribution in [-0.2, 0) is 14.4 Å². The molecule has 3 nitrogen and oxygen atoms in total. The number of Topliss-reactive ketones (excluding diaryl/α,β-unsaturated/α-hetero) is 3. The number of ketones is 3. The SMILES string of the molecule is CCC1=C(C)C(=O)C2(CCC(=O)C(C(C)=O)C2)C1. The van der Waals surface area contributed by atoms with Crippen molar-refractivity contribution in [3.8, 4) is 0 Å². The molecule has 2 atom stereocenters. The van der Waals surface area contributed by atoms with E-state index in [9.17, 15) is 14.4 Å². The first-order valence-corrected chi connectivity index (χ1v) is 6.68. The molecule has 3 heteroatoms. The number of carbonyl (C=O) groups is 3. The first-order valence-electron chi connectivity index (χ1n) is 6.68. The fraction of sp³-hybridized carbons (Fsp3) is 0.667. The van der Waals surface area contributed by atoms with Gasteiger partial charge in [0.1, 0.15) is 11.6 Å². The average Bonchev–Trinajstić information content (AvgIpc) is 2.57. The molecule has 0 aromatic rings. The summed E-state index contributed by atoms with van der Waals surface area (Å²) in [5.41, 5.74) is 1.63. The average molecular weight is 248 g/mol. The monoisotopic (exact) mass is 248 g/mol. The minimum Gasteiger partial charge on any atom is -0.299 e. The molecule has 2 aliphatic carbocycles. The van der Waals surface area contributed by atoms with Gasteiger partial charge in [-0.25, -0.2) is 0 Å². The van der Waals surface area contributed by atoms with E-state index in [0.29, 0.717) is 19.3 Å². The molecular formula is C15H20O3. The maximum absolute atomic E-state index is 12.4. The first kappa shape index (κ1) is 13.2. The van der Waals surface area contributed by atoms with Gasteiger partial charge >= 0.3 is 0 Å². The summed E-state index contributed by atoms with van der Waals surface area (Å²) in [5.74, 6) is -0.442. The lowest BCUT2D eigenvalue weighted by Crippen LogP contribution is -2.40. The molecule has 0 saturated heterocycles. The summed E-state index contributed by atoms with van der Waals surface area (Å²) in [7, 11) is 0. The normalized spacial score (nSPS) is 32.5. The number of rotatable bonds is 2. The third-order valence-corrected chi connectivity index (χ3v) is 4.66. The molecule has 0 bridgehead atoms. The Kier molecular flexibility index (Phi) is 3.26. The van der Waals surface area contributed by atoms with Crippen LogP contribution in [0, 0.1) is 11.3 Å².